The smallest absolute Gasteiger partial charge is 0.188 e. The first kappa shape index (κ1) is 16.5. The molecular formula is C9H30N4Si3. The first-order chi connectivity index (χ1) is 7.10. The van der Waals surface area contributed by atoms with Crippen molar-refractivity contribution in [3.8, 4) is 0 Å². The molecule has 0 aliphatic heterocycles. The minimum absolute atomic E-state index is 0.270. The molecule has 0 rings (SSSR count). The van der Waals surface area contributed by atoms with E-state index >= 15 is 0 Å². The molecule has 0 aromatic carbocycles. The summed E-state index contributed by atoms with van der Waals surface area (Å²) in [5, 5.41) is 0. The van der Waals surface area contributed by atoms with Crippen molar-refractivity contribution in [3.63, 3.8) is 0 Å². The zero-order chi connectivity index (χ0) is 13.1. The molecule has 0 saturated carbocycles. The lowest BCUT2D eigenvalue weighted by Gasteiger charge is -2.47. The molecule has 0 amide bonds. The highest BCUT2D eigenvalue weighted by Gasteiger charge is 2.36. The van der Waals surface area contributed by atoms with Gasteiger partial charge in [0.25, 0.3) is 0 Å². The van der Waals surface area contributed by atoms with E-state index < -0.39 is 17.5 Å². The maximum absolute atomic E-state index is 2.90. The molecule has 0 aromatic heterocycles. The van der Waals surface area contributed by atoms with Gasteiger partial charge in [-0.05, 0) is 61.9 Å². The molecule has 7 heteroatoms. The van der Waals surface area contributed by atoms with Crippen LogP contribution in [0.15, 0.2) is 0 Å². The molecule has 0 aliphatic rings. The van der Waals surface area contributed by atoms with Gasteiger partial charge in [0.2, 0.25) is 0 Å². The van der Waals surface area contributed by atoms with Crippen molar-refractivity contribution in [1.82, 2.24) is 17.6 Å². The van der Waals surface area contributed by atoms with Gasteiger partial charge in [0, 0.05) is 0 Å². The highest BCUT2D eigenvalue weighted by molar-refractivity contribution is 6.87. The fourth-order valence-corrected chi connectivity index (χ4v) is 14.3. The van der Waals surface area contributed by atoms with Crippen LogP contribution in [0.1, 0.15) is 0 Å². The van der Waals surface area contributed by atoms with Crippen LogP contribution in [0.2, 0.25) is 19.6 Å². The monoisotopic (exact) mass is 278 g/mol. The predicted molar refractivity (Wildman–Crippen MR) is 81.9 cm³/mol. The Morgan fingerprint density at radius 2 is 1.38 bits per heavy atom. The topological polar surface area (TPSA) is 13.0 Å². The number of rotatable bonds is 6. The van der Waals surface area contributed by atoms with E-state index in [1.165, 1.54) is 0 Å². The number of hydrogen-bond donors (Lipinski definition) is 0. The molecule has 1 atom stereocenters. The summed E-state index contributed by atoms with van der Waals surface area (Å²) in [4.78, 5) is 0. The molecular weight excluding hydrogens is 248 g/mol. The minimum atomic E-state index is -1.39. The Bertz CT molecular complexity index is 209. The van der Waals surface area contributed by atoms with Crippen LogP contribution in [0.25, 0.3) is 0 Å². The van der Waals surface area contributed by atoms with Crippen molar-refractivity contribution < 1.29 is 0 Å². The molecule has 0 radical (unpaired) electrons. The SMILES string of the molecule is CN(C)[SiH2]N([SiH](C)N(C)C)[Si](C)(C)N(C)C. The second kappa shape index (κ2) is 6.43. The summed E-state index contributed by atoms with van der Waals surface area (Å²) >= 11 is 0. The van der Waals surface area contributed by atoms with E-state index in [1.807, 2.05) is 0 Å². The van der Waals surface area contributed by atoms with Crippen LogP contribution in [0.3, 0.4) is 0 Å². The largest absolute Gasteiger partial charge is 0.339 e. The summed E-state index contributed by atoms with van der Waals surface area (Å²) in [6.45, 7) is 7.39. The maximum Gasteiger partial charge on any atom is 0.188 e. The van der Waals surface area contributed by atoms with E-state index in [2.05, 4.69) is 79.5 Å². The van der Waals surface area contributed by atoms with E-state index in [4.69, 9.17) is 0 Å². The van der Waals surface area contributed by atoms with Gasteiger partial charge < -0.3 is 17.6 Å². The molecule has 98 valence electrons. The lowest BCUT2D eigenvalue weighted by atomic mass is 11.3. The van der Waals surface area contributed by atoms with Crippen LogP contribution in [0, 0.1) is 0 Å². The van der Waals surface area contributed by atoms with Crippen LogP contribution in [0.4, 0.5) is 0 Å². The lowest BCUT2D eigenvalue weighted by Crippen LogP contribution is -2.69. The van der Waals surface area contributed by atoms with E-state index in [0.29, 0.717) is 0 Å². The Labute approximate surface area is 107 Å². The van der Waals surface area contributed by atoms with Gasteiger partial charge >= 0.3 is 0 Å². The second-order valence-electron chi connectivity index (χ2n) is 5.68. The Kier molecular flexibility index (Phi) is 6.63. The van der Waals surface area contributed by atoms with Crippen LogP contribution in [0.5, 0.6) is 0 Å². The van der Waals surface area contributed by atoms with Gasteiger partial charge in [-0.2, -0.15) is 0 Å². The third-order valence-corrected chi connectivity index (χ3v) is 18.1. The Morgan fingerprint density at radius 1 is 0.938 bits per heavy atom. The van der Waals surface area contributed by atoms with Crippen LogP contribution >= 0.6 is 0 Å². The molecule has 16 heavy (non-hydrogen) atoms. The summed E-state index contributed by atoms with van der Waals surface area (Å²) in [6.07, 6.45) is 0. The average Bonchev–Trinajstić information content (AvgIpc) is 2.12. The number of nitrogens with zero attached hydrogens (tertiary/aromatic N) is 4. The quantitative estimate of drug-likeness (QED) is 0.609. The normalized spacial score (nSPS) is 16.3. The first-order valence-electron chi connectivity index (χ1n) is 5.86. The van der Waals surface area contributed by atoms with Crippen LogP contribution < -0.4 is 0 Å². The van der Waals surface area contributed by atoms with Crippen LogP contribution in [-0.4, -0.2) is 87.2 Å². The van der Waals surface area contributed by atoms with Gasteiger partial charge in [0.15, 0.2) is 27.4 Å². The van der Waals surface area contributed by atoms with Gasteiger partial charge in [-0.25, -0.2) is 0 Å². The van der Waals surface area contributed by atoms with E-state index in [1.54, 1.807) is 0 Å². The first-order valence-corrected chi connectivity index (χ1v) is 12.2. The van der Waals surface area contributed by atoms with Crippen molar-refractivity contribution in [2.45, 2.75) is 19.6 Å². The van der Waals surface area contributed by atoms with Crippen molar-refractivity contribution >= 4 is 27.4 Å². The van der Waals surface area contributed by atoms with E-state index in [-0.39, 0.29) is 9.84 Å². The van der Waals surface area contributed by atoms with Crippen molar-refractivity contribution in [2.24, 2.45) is 0 Å². The van der Waals surface area contributed by atoms with E-state index in [0.717, 1.165) is 0 Å². The predicted octanol–water partition coefficient (Wildman–Crippen LogP) is -0.476. The molecule has 0 spiro atoms. The van der Waals surface area contributed by atoms with Gasteiger partial charge in [-0.15, -0.1) is 0 Å². The highest BCUT2D eigenvalue weighted by Crippen LogP contribution is 2.14. The van der Waals surface area contributed by atoms with Gasteiger partial charge in [-0.3, -0.25) is 0 Å². The van der Waals surface area contributed by atoms with Gasteiger partial charge in [0.1, 0.15) is 0 Å². The molecule has 0 fully saturated rings. The fourth-order valence-electron chi connectivity index (χ4n) is 1.59. The van der Waals surface area contributed by atoms with Crippen molar-refractivity contribution in [3.05, 3.63) is 0 Å². The fraction of sp³-hybridized carbons (Fsp3) is 1.00. The Morgan fingerprint density at radius 3 is 1.62 bits per heavy atom. The zero-order valence-corrected chi connectivity index (χ0v) is 16.1. The molecule has 0 N–H and O–H groups in total. The molecule has 4 nitrogen and oxygen atoms in total. The van der Waals surface area contributed by atoms with Crippen LogP contribution in [-0.2, 0) is 0 Å². The zero-order valence-electron chi connectivity index (χ0n) is 12.6. The van der Waals surface area contributed by atoms with E-state index in [9.17, 15) is 0 Å². The molecule has 0 saturated heterocycles. The van der Waals surface area contributed by atoms with Crippen molar-refractivity contribution in [1.29, 1.82) is 0 Å². The van der Waals surface area contributed by atoms with Gasteiger partial charge in [-0.1, -0.05) is 0 Å². The summed E-state index contributed by atoms with van der Waals surface area (Å²) in [6, 6.07) is 0. The third-order valence-electron chi connectivity index (χ3n) is 3.43. The molecule has 1 unspecified atom stereocenters. The summed E-state index contributed by atoms with van der Waals surface area (Å²) in [5.74, 6) is 0. The Hall–Kier alpha value is 0.491. The minimum Gasteiger partial charge on any atom is -0.339 e. The molecule has 0 bridgehead atoms. The Balaban J connectivity index is 4.93. The third kappa shape index (κ3) is 4.40. The second-order valence-corrected chi connectivity index (χ2v) is 17.2. The summed E-state index contributed by atoms with van der Waals surface area (Å²) in [7, 11) is 10.8. The highest BCUT2D eigenvalue weighted by atomic mass is 28.4. The number of hydrogen-bond acceptors (Lipinski definition) is 4. The molecule has 0 heterocycles. The summed E-state index contributed by atoms with van der Waals surface area (Å²) < 4.78 is 10.2. The average molecular weight is 279 g/mol. The standard InChI is InChI=1S/C9H30N4Si3/c1-10(2)14-13(15(7)11(3)4)16(8,9)12(5)6/h15H,14H2,1-9H3. The summed E-state index contributed by atoms with van der Waals surface area (Å²) in [5.41, 5.74) is 0. The van der Waals surface area contributed by atoms with Gasteiger partial charge in [0.05, 0.1) is 0 Å². The van der Waals surface area contributed by atoms with Crippen molar-refractivity contribution in [2.75, 3.05) is 42.3 Å². The molecule has 0 aromatic rings. The molecule has 0 aliphatic carbocycles. The maximum atomic E-state index is 2.90. The lowest BCUT2D eigenvalue weighted by molar-refractivity contribution is 0.528.